The van der Waals surface area contributed by atoms with Gasteiger partial charge in [-0.3, -0.25) is 4.79 Å². The molecule has 21 heteroatoms. The Balaban J connectivity index is 2.55. The molecule has 4 nitrogen and oxygen atoms in total. The van der Waals surface area contributed by atoms with E-state index in [4.69, 9.17) is 4.74 Å². The maximum atomic E-state index is 14.4. The lowest BCUT2D eigenvalue weighted by Crippen LogP contribution is -2.74. The predicted molar refractivity (Wildman–Crippen MR) is 111 cm³/mol. The molecular weight excluding hydrogens is 650 g/mol. The van der Waals surface area contributed by atoms with Gasteiger partial charge in [0.15, 0.2) is 0 Å². The maximum Gasteiger partial charge on any atom is 0.393 e. The van der Waals surface area contributed by atoms with Crippen LogP contribution in [0, 0.1) is 0 Å². The summed E-state index contributed by atoms with van der Waals surface area (Å²) < 4.78 is 222. The lowest BCUT2D eigenvalue weighted by Gasteiger charge is -2.42. The Kier molecular flexibility index (Phi) is 9.54. The summed E-state index contributed by atoms with van der Waals surface area (Å²) in [6.45, 7) is 1.21. The topological polar surface area (TPSA) is 55.4 Å². The number of carbonyl (C=O) groups is 2. The molecule has 0 saturated heterocycles. The third-order valence-corrected chi connectivity index (χ3v) is 7.20. The second-order valence-corrected chi connectivity index (χ2v) is 9.98. The minimum absolute atomic E-state index is 0.0433. The van der Waals surface area contributed by atoms with Crippen molar-refractivity contribution < 1.29 is 84.6 Å². The van der Waals surface area contributed by atoms with Crippen molar-refractivity contribution in [1.29, 1.82) is 0 Å². The Morgan fingerprint density at radius 3 is 1.76 bits per heavy atom. The van der Waals surface area contributed by atoms with Crippen LogP contribution in [0.4, 0.5) is 75.2 Å². The number of nitrogens with one attached hydrogen (secondary N) is 1. The molecule has 0 aromatic carbocycles. The molecule has 0 bridgehead atoms. The van der Waals surface area contributed by atoms with Crippen molar-refractivity contribution in [3.8, 4) is 0 Å². The minimum atomic E-state index is -8.62. The number of rotatable bonds is 12. The van der Waals surface area contributed by atoms with E-state index in [1.807, 2.05) is 0 Å². The van der Waals surface area contributed by atoms with Crippen molar-refractivity contribution >= 4 is 28.2 Å². The molecule has 1 aliphatic carbocycles. The first-order valence-corrected chi connectivity index (χ1v) is 12.2. The fourth-order valence-corrected chi connectivity index (χ4v) is 4.87. The minimum Gasteiger partial charge on any atom is -0.462 e. The molecule has 0 atom stereocenters. The van der Waals surface area contributed by atoms with Gasteiger partial charge < -0.3 is 10.1 Å². The van der Waals surface area contributed by atoms with Gasteiger partial charge in [-0.25, -0.2) is 13.6 Å². The van der Waals surface area contributed by atoms with Gasteiger partial charge in [-0.1, -0.05) is 6.92 Å². The first-order valence-electron chi connectivity index (χ1n) is 11.3. The van der Waals surface area contributed by atoms with Gasteiger partial charge in [0.1, 0.15) is 5.00 Å². The number of halogens is 16. The molecule has 0 unspecified atom stereocenters. The van der Waals surface area contributed by atoms with Gasteiger partial charge in [-0.2, -0.15) is 61.5 Å². The number of anilines is 1. The summed E-state index contributed by atoms with van der Waals surface area (Å²) in [6.07, 6.45) is -4.77. The lowest BCUT2D eigenvalue weighted by molar-refractivity contribution is -0.443. The van der Waals surface area contributed by atoms with E-state index in [0.29, 0.717) is 12.8 Å². The highest BCUT2D eigenvalue weighted by Crippen LogP contribution is 2.63. The SMILES string of the molecule is CCCOC(=O)c1c(NC(=O)C(F)(F)C(F)(F)C(F)(F)C(F)(F)C(F)(F)C(F)(F)C(F)(F)C(F)F)sc2c1CCCC2. The highest BCUT2D eigenvalue weighted by Gasteiger charge is 2.94. The van der Waals surface area contributed by atoms with E-state index in [9.17, 15) is 79.8 Å². The Hall–Kier alpha value is -2.48. The fraction of sp³-hybridized carbons (Fsp3) is 0.714. The second kappa shape index (κ2) is 11.2. The summed E-state index contributed by atoms with van der Waals surface area (Å²) in [4.78, 5) is 24.7. The van der Waals surface area contributed by atoms with Crippen LogP contribution in [-0.4, -0.2) is 66.4 Å². The molecule has 0 aliphatic heterocycles. The van der Waals surface area contributed by atoms with Crippen LogP contribution in [-0.2, 0) is 22.4 Å². The van der Waals surface area contributed by atoms with Crippen molar-refractivity contribution in [2.45, 2.75) is 86.9 Å². The van der Waals surface area contributed by atoms with Crippen molar-refractivity contribution in [2.24, 2.45) is 0 Å². The van der Waals surface area contributed by atoms with Crippen LogP contribution < -0.4 is 5.32 Å². The van der Waals surface area contributed by atoms with E-state index in [-0.39, 0.29) is 47.6 Å². The van der Waals surface area contributed by atoms with Crippen LogP contribution in [0.1, 0.15) is 47.0 Å². The molecule has 1 aromatic heterocycles. The summed E-state index contributed by atoms with van der Waals surface area (Å²) in [7, 11) is 0. The molecule has 2 rings (SSSR count). The first kappa shape index (κ1) is 35.7. The summed E-state index contributed by atoms with van der Waals surface area (Å²) in [5.74, 6) is -61.7. The number of amides is 1. The van der Waals surface area contributed by atoms with Gasteiger partial charge in [0.25, 0.3) is 0 Å². The van der Waals surface area contributed by atoms with Crippen LogP contribution in [0.3, 0.4) is 0 Å². The molecule has 1 aromatic rings. The van der Waals surface area contributed by atoms with Crippen LogP contribution in [0.15, 0.2) is 0 Å². The van der Waals surface area contributed by atoms with Crippen molar-refractivity contribution in [2.75, 3.05) is 11.9 Å². The largest absolute Gasteiger partial charge is 0.462 e. The van der Waals surface area contributed by atoms with Crippen molar-refractivity contribution in [3.05, 3.63) is 16.0 Å². The Morgan fingerprint density at radius 1 is 0.786 bits per heavy atom. The Labute approximate surface area is 228 Å². The van der Waals surface area contributed by atoms with Gasteiger partial charge in [0, 0.05) is 4.88 Å². The second-order valence-electron chi connectivity index (χ2n) is 8.88. The number of esters is 1. The van der Waals surface area contributed by atoms with Gasteiger partial charge >= 0.3 is 59.8 Å². The number of alkyl halides is 16. The van der Waals surface area contributed by atoms with Gasteiger partial charge in [-0.15, -0.1) is 11.3 Å². The molecule has 0 spiro atoms. The predicted octanol–water partition coefficient (Wildman–Crippen LogP) is 7.84. The van der Waals surface area contributed by atoms with Crippen LogP contribution in [0.2, 0.25) is 0 Å². The van der Waals surface area contributed by atoms with Crippen molar-refractivity contribution in [3.63, 3.8) is 0 Å². The number of thiophene rings is 1. The number of ether oxygens (including phenoxy) is 1. The summed E-state index contributed by atoms with van der Waals surface area (Å²) >= 11 is 0.285. The van der Waals surface area contributed by atoms with E-state index in [2.05, 4.69) is 0 Å². The van der Waals surface area contributed by atoms with Gasteiger partial charge in [0.2, 0.25) is 0 Å². The molecule has 0 fully saturated rings. The molecule has 0 saturated carbocycles. The Bertz CT molecular complexity index is 1180. The molecule has 0 radical (unpaired) electrons. The van der Waals surface area contributed by atoms with Crippen molar-refractivity contribution in [1.82, 2.24) is 0 Å². The van der Waals surface area contributed by atoms with Crippen LogP contribution in [0.25, 0.3) is 0 Å². The van der Waals surface area contributed by atoms with E-state index >= 15 is 0 Å². The Morgan fingerprint density at radius 2 is 1.26 bits per heavy atom. The molecule has 1 heterocycles. The third kappa shape index (κ3) is 5.16. The first-order chi connectivity index (χ1) is 18.8. The third-order valence-electron chi connectivity index (χ3n) is 5.99. The zero-order chi connectivity index (χ0) is 32.9. The van der Waals surface area contributed by atoms with Crippen LogP contribution in [0.5, 0.6) is 0 Å². The summed E-state index contributed by atoms with van der Waals surface area (Å²) in [5.41, 5.74) is -0.635. The fourth-order valence-electron chi connectivity index (χ4n) is 3.60. The normalized spacial score (nSPS) is 16.0. The number of aryl methyl sites for hydroxylation is 1. The van der Waals surface area contributed by atoms with Gasteiger partial charge in [0.05, 0.1) is 12.2 Å². The molecule has 1 aliphatic rings. The molecule has 242 valence electrons. The number of hydrogen-bond donors (Lipinski definition) is 1. The van der Waals surface area contributed by atoms with E-state index < -0.39 is 70.3 Å². The zero-order valence-electron chi connectivity index (χ0n) is 20.5. The smallest absolute Gasteiger partial charge is 0.393 e. The highest BCUT2D eigenvalue weighted by molar-refractivity contribution is 7.17. The number of carbonyl (C=O) groups excluding carboxylic acids is 2. The molecule has 42 heavy (non-hydrogen) atoms. The van der Waals surface area contributed by atoms with E-state index in [0.717, 1.165) is 5.32 Å². The number of hydrogen-bond acceptors (Lipinski definition) is 4. The van der Waals surface area contributed by atoms with E-state index in [1.165, 1.54) is 6.92 Å². The van der Waals surface area contributed by atoms with Crippen LogP contribution >= 0.6 is 11.3 Å². The highest BCUT2D eigenvalue weighted by atomic mass is 32.1. The number of fused-ring (bicyclic) bond motifs is 1. The summed E-state index contributed by atoms with van der Waals surface area (Å²) in [5, 5.41) is -0.116. The average Bonchev–Trinajstić information content (AvgIpc) is 3.24. The standard InChI is InChI=1S/C21H17F16NO3S/c1-2-7-41-12(39)10-8-5-3-4-6-9(8)42-11(10)38-14(40)16(26,27)18(30,31)20(34,35)21(36,37)19(32,33)17(28,29)15(24,25)13(22)23/h13H,2-7H2,1H3,(H,38,40). The molecule has 1 N–H and O–H groups in total. The van der Waals surface area contributed by atoms with E-state index in [1.54, 1.807) is 0 Å². The lowest BCUT2D eigenvalue weighted by atomic mass is 9.89. The summed E-state index contributed by atoms with van der Waals surface area (Å²) in [6, 6.07) is 0. The quantitative estimate of drug-likeness (QED) is 0.183. The average molecular weight is 667 g/mol. The maximum absolute atomic E-state index is 14.4. The van der Waals surface area contributed by atoms with Gasteiger partial charge in [-0.05, 0) is 37.7 Å². The monoisotopic (exact) mass is 667 g/mol. The zero-order valence-corrected chi connectivity index (χ0v) is 21.3. The molecule has 1 amide bonds. The molecular formula is C21H17F16NO3S.